The molecule has 0 aliphatic heterocycles. The molecule has 0 amide bonds. The second-order valence-electron chi connectivity index (χ2n) is 8.05. The minimum Gasteiger partial charge on any atom is -0.294 e. The summed E-state index contributed by atoms with van der Waals surface area (Å²) in [4.78, 5) is 27.3. The molecule has 0 aromatic carbocycles. The van der Waals surface area contributed by atoms with Crippen molar-refractivity contribution in [2.75, 3.05) is 0 Å². The van der Waals surface area contributed by atoms with Gasteiger partial charge in [0.05, 0.1) is 0 Å². The average Bonchev–Trinajstić information content (AvgIpc) is 3.00. The van der Waals surface area contributed by atoms with Gasteiger partial charge in [0.2, 0.25) is 0 Å². The molecular formula is C24H40O2S. The normalized spacial score (nSPS) is 13.6. The first-order chi connectivity index (χ1) is 12.9. The highest BCUT2D eigenvalue weighted by molar-refractivity contribution is 7.12. The minimum atomic E-state index is 0.0599. The summed E-state index contributed by atoms with van der Waals surface area (Å²) in [5.41, 5.74) is 1.48. The summed E-state index contributed by atoms with van der Waals surface area (Å²) in [6.07, 6.45) is 11.5. The van der Waals surface area contributed by atoms with Crippen LogP contribution in [-0.4, -0.2) is 11.6 Å². The van der Waals surface area contributed by atoms with Crippen molar-refractivity contribution < 1.29 is 9.59 Å². The monoisotopic (exact) mass is 392 g/mol. The molecule has 0 spiro atoms. The number of rotatable bonds is 14. The van der Waals surface area contributed by atoms with Gasteiger partial charge in [-0.05, 0) is 38.5 Å². The molecule has 0 aliphatic rings. The molecule has 1 aromatic heterocycles. The Morgan fingerprint density at radius 1 is 0.741 bits per heavy atom. The van der Waals surface area contributed by atoms with Crippen molar-refractivity contribution in [3.8, 4) is 0 Å². The summed E-state index contributed by atoms with van der Waals surface area (Å²) in [5.74, 6) is 1.34. The van der Waals surface area contributed by atoms with Crippen LogP contribution >= 0.6 is 11.3 Å². The zero-order chi connectivity index (χ0) is 20.4. The van der Waals surface area contributed by atoms with Crippen LogP contribution in [0.15, 0.2) is 0 Å². The predicted octanol–water partition coefficient (Wildman–Crippen LogP) is 7.67. The van der Waals surface area contributed by atoms with E-state index in [1.54, 1.807) is 25.2 Å². The predicted molar refractivity (Wildman–Crippen MR) is 118 cm³/mol. The largest absolute Gasteiger partial charge is 0.294 e. The van der Waals surface area contributed by atoms with Crippen molar-refractivity contribution in [1.29, 1.82) is 0 Å². The van der Waals surface area contributed by atoms with Gasteiger partial charge in [-0.15, -0.1) is 11.3 Å². The zero-order valence-electron chi connectivity index (χ0n) is 18.5. The molecule has 0 radical (unpaired) electrons. The van der Waals surface area contributed by atoms with Crippen molar-refractivity contribution in [3.63, 3.8) is 0 Å². The Balaban J connectivity index is 3.23. The van der Waals surface area contributed by atoms with E-state index in [1.165, 1.54) is 38.5 Å². The van der Waals surface area contributed by atoms with Gasteiger partial charge in [0, 0.05) is 20.9 Å². The van der Waals surface area contributed by atoms with Crippen molar-refractivity contribution in [1.82, 2.24) is 0 Å². The molecule has 27 heavy (non-hydrogen) atoms. The Morgan fingerprint density at radius 2 is 1.11 bits per heavy atom. The lowest BCUT2D eigenvalue weighted by Crippen LogP contribution is -2.10. The average molecular weight is 393 g/mol. The van der Waals surface area contributed by atoms with Crippen LogP contribution in [0, 0.1) is 11.8 Å². The molecule has 0 fully saturated rings. The van der Waals surface area contributed by atoms with Crippen molar-refractivity contribution in [2.45, 2.75) is 106 Å². The van der Waals surface area contributed by atoms with Crippen molar-refractivity contribution in [2.24, 2.45) is 11.8 Å². The van der Waals surface area contributed by atoms with Gasteiger partial charge in [-0.3, -0.25) is 9.59 Å². The minimum absolute atomic E-state index is 0.0599. The second kappa shape index (κ2) is 12.5. The fraction of sp³-hybridized carbons (Fsp3) is 0.750. The fourth-order valence-electron chi connectivity index (χ4n) is 3.97. The van der Waals surface area contributed by atoms with Crippen LogP contribution in [0.4, 0.5) is 0 Å². The van der Waals surface area contributed by atoms with E-state index in [0.717, 1.165) is 46.6 Å². The third kappa shape index (κ3) is 7.18. The van der Waals surface area contributed by atoms with E-state index >= 15 is 0 Å². The Hall–Kier alpha value is -0.960. The van der Waals surface area contributed by atoms with Crippen molar-refractivity contribution >= 4 is 22.9 Å². The number of carbonyl (C=O) groups excluding carboxylic acids is 2. The summed E-state index contributed by atoms with van der Waals surface area (Å²) < 4.78 is 0. The van der Waals surface area contributed by atoms with E-state index in [4.69, 9.17) is 0 Å². The smallest absolute Gasteiger partial charge is 0.161 e. The molecule has 2 atom stereocenters. The lowest BCUT2D eigenvalue weighted by Gasteiger charge is -2.14. The van der Waals surface area contributed by atoms with E-state index in [1.807, 2.05) is 0 Å². The molecule has 2 nitrogen and oxygen atoms in total. The molecule has 0 aliphatic carbocycles. The van der Waals surface area contributed by atoms with Gasteiger partial charge in [-0.1, -0.05) is 79.1 Å². The molecule has 154 valence electrons. The standard InChI is InChI=1S/C24H40O2S/c1-7-11-13-19(9-3)15-21-23(17(5)25)24(18(6)26)22(27-21)16-20(10-4)14-12-8-2/h19-20H,7-16H2,1-6H3. The summed E-state index contributed by atoms with van der Waals surface area (Å²) in [5, 5.41) is 0. The molecule has 1 heterocycles. The Labute approximate surface area is 171 Å². The third-order valence-corrected chi connectivity index (χ3v) is 7.03. The number of Topliss-reactive ketones (excluding diaryl/α,β-unsaturated/α-hetero) is 2. The third-order valence-electron chi connectivity index (χ3n) is 5.79. The molecule has 1 aromatic rings. The molecule has 1 rings (SSSR count). The van der Waals surface area contributed by atoms with Gasteiger partial charge < -0.3 is 0 Å². The molecule has 0 saturated carbocycles. The fourth-order valence-corrected chi connectivity index (χ4v) is 5.60. The topological polar surface area (TPSA) is 34.1 Å². The highest BCUT2D eigenvalue weighted by atomic mass is 32.1. The lowest BCUT2D eigenvalue weighted by molar-refractivity contribution is 0.0980. The molecule has 0 bridgehead atoms. The lowest BCUT2D eigenvalue weighted by atomic mass is 9.89. The molecular weight excluding hydrogens is 352 g/mol. The number of ketones is 2. The Bertz CT molecular complexity index is 549. The van der Waals surface area contributed by atoms with Gasteiger partial charge in [0.25, 0.3) is 0 Å². The maximum Gasteiger partial charge on any atom is 0.161 e. The van der Waals surface area contributed by atoms with E-state index in [2.05, 4.69) is 27.7 Å². The first-order valence-corrected chi connectivity index (χ1v) is 11.9. The van der Waals surface area contributed by atoms with Crippen LogP contribution in [0.5, 0.6) is 0 Å². The molecule has 3 heteroatoms. The summed E-state index contributed by atoms with van der Waals surface area (Å²) in [7, 11) is 0. The van der Waals surface area contributed by atoms with E-state index in [0.29, 0.717) is 11.8 Å². The zero-order valence-corrected chi connectivity index (χ0v) is 19.3. The van der Waals surface area contributed by atoms with Crippen LogP contribution in [0.25, 0.3) is 0 Å². The summed E-state index contributed by atoms with van der Waals surface area (Å²) in [6.45, 7) is 12.2. The maximum atomic E-state index is 12.5. The van der Waals surface area contributed by atoms with Gasteiger partial charge >= 0.3 is 0 Å². The Kier molecular flexibility index (Phi) is 11.1. The van der Waals surface area contributed by atoms with Crippen LogP contribution in [0.1, 0.15) is 123 Å². The molecule has 0 saturated heterocycles. The van der Waals surface area contributed by atoms with Gasteiger partial charge in [-0.25, -0.2) is 0 Å². The quantitative estimate of drug-likeness (QED) is 0.304. The SMILES string of the molecule is CCCCC(CC)Cc1sc(CC(CC)CCCC)c(C(C)=O)c1C(C)=O. The number of hydrogen-bond donors (Lipinski definition) is 0. The van der Waals surface area contributed by atoms with Gasteiger partial charge in [-0.2, -0.15) is 0 Å². The Morgan fingerprint density at radius 3 is 1.37 bits per heavy atom. The van der Waals surface area contributed by atoms with Crippen molar-refractivity contribution in [3.05, 3.63) is 20.9 Å². The number of unbranched alkanes of at least 4 members (excludes halogenated alkanes) is 2. The van der Waals surface area contributed by atoms with E-state index < -0.39 is 0 Å². The first-order valence-electron chi connectivity index (χ1n) is 11.1. The molecule has 0 N–H and O–H groups in total. The number of hydrogen-bond acceptors (Lipinski definition) is 3. The summed E-state index contributed by atoms with van der Waals surface area (Å²) >= 11 is 1.76. The van der Waals surface area contributed by atoms with Crippen LogP contribution in [0.3, 0.4) is 0 Å². The van der Waals surface area contributed by atoms with Crippen LogP contribution < -0.4 is 0 Å². The van der Waals surface area contributed by atoms with Crippen LogP contribution in [-0.2, 0) is 12.8 Å². The number of carbonyl (C=O) groups is 2. The highest BCUT2D eigenvalue weighted by Gasteiger charge is 2.26. The van der Waals surface area contributed by atoms with Gasteiger partial charge in [0.1, 0.15) is 0 Å². The van der Waals surface area contributed by atoms with Crippen LogP contribution in [0.2, 0.25) is 0 Å². The highest BCUT2D eigenvalue weighted by Crippen LogP contribution is 2.35. The molecule has 2 unspecified atom stereocenters. The first kappa shape index (κ1) is 24.1. The van der Waals surface area contributed by atoms with E-state index in [9.17, 15) is 9.59 Å². The van der Waals surface area contributed by atoms with Gasteiger partial charge in [0.15, 0.2) is 11.6 Å². The number of thiophene rings is 1. The van der Waals surface area contributed by atoms with E-state index in [-0.39, 0.29) is 11.6 Å². The second-order valence-corrected chi connectivity index (χ2v) is 9.24. The summed E-state index contributed by atoms with van der Waals surface area (Å²) in [6, 6.07) is 0. The maximum absolute atomic E-state index is 12.5.